The molecule has 1 aromatic carbocycles. The van der Waals surface area contributed by atoms with E-state index < -0.39 is 0 Å². The second kappa shape index (κ2) is 6.16. The Morgan fingerprint density at radius 1 is 1.35 bits per heavy atom. The monoisotopic (exact) mass is 276 g/mol. The van der Waals surface area contributed by atoms with Crippen LogP contribution in [-0.4, -0.2) is 18.1 Å². The Labute approximate surface area is 120 Å². The molecule has 0 unspecified atom stereocenters. The van der Waals surface area contributed by atoms with Crippen molar-refractivity contribution in [3.63, 3.8) is 0 Å². The zero-order chi connectivity index (χ0) is 14.6. The lowest BCUT2D eigenvalue weighted by molar-refractivity contribution is 0.0882. The number of nitrogen functional groups attached to an aromatic ring is 1. The van der Waals surface area contributed by atoms with E-state index in [9.17, 15) is 4.79 Å². The minimum Gasteiger partial charge on any atom is -0.492 e. The number of anilines is 1. The molecule has 0 spiro atoms. The normalized spacial score (nSPS) is 17.5. The molecule has 0 heterocycles. The van der Waals surface area contributed by atoms with E-state index in [1.165, 1.54) is 19.3 Å². The lowest BCUT2D eigenvalue weighted by Crippen LogP contribution is -2.47. The molecule has 1 aliphatic rings. The van der Waals surface area contributed by atoms with Crippen LogP contribution in [0.4, 0.5) is 5.69 Å². The highest BCUT2D eigenvalue weighted by molar-refractivity contribution is 5.96. The molecule has 1 fully saturated rings. The van der Waals surface area contributed by atoms with Gasteiger partial charge in [0.05, 0.1) is 12.3 Å². The summed E-state index contributed by atoms with van der Waals surface area (Å²) in [5, 5.41) is 3.15. The third kappa shape index (κ3) is 3.44. The molecule has 0 aromatic heterocycles. The van der Waals surface area contributed by atoms with Crippen molar-refractivity contribution < 1.29 is 9.53 Å². The topological polar surface area (TPSA) is 64.3 Å². The molecule has 1 aliphatic carbocycles. The van der Waals surface area contributed by atoms with Crippen molar-refractivity contribution in [2.45, 2.75) is 51.5 Å². The smallest absolute Gasteiger partial charge is 0.251 e. The van der Waals surface area contributed by atoms with Crippen molar-refractivity contribution in [2.24, 2.45) is 0 Å². The van der Waals surface area contributed by atoms with Gasteiger partial charge < -0.3 is 15.8 Å². The maximum atomic E-state index is 12.3. The summed E-state index contributed by atoms with van der Waals surface area (Å²) in [5.74, 6) is 0.581. The van der Waals surface area contributed by atoms with Crippen LogP contribution >= 0.6 is 0 Å². The summed E-state index contributed by atoms with van der Waals surface area (Å²) in [7, 11) is 0. The molecule has 1 saturated carbocycles. The number of nitrogens with one attached hydrogen (secondary N) is 1. The Hall–Kier alpha value is -1.71. The van der Waals surface area contributed by atoms with Crippen LogP contribution in [0.25, 0.3) is 0 Å². The molecule has 2 rings (SSSR count). The second-order valence-corrected chi connectivity index (χ2v) is 5.76. The Morgan fingerprint density at radius 3 is 2.65 bits per heavy atom. The summed E-state index contributed by atoms with van der Waals surface area (Å²) in [6.45, 7) is 4.60. The van der Waals surface area contributed by atoms with E-state index >= 15 is 0 Å². The van der Waals surface area contributed by atoms with Gasteiger partial charge in [-0.25, -0.2) is 0 Å². The fourth-order valence-corrected chi connectivity index (χ4v) is 2.78. The van der Waals surface area contributed by atoms with Crippen LogP contribution in [0, 0.1) is 0 Å². The van der Waals surface area contributed by atoms with Crippen molar-refractivity contribution in [3.05, 3.63) is 23.8 Å². The number of carbonyl (C=O) groups excluding carboxylic acids is 1. The maximum Gasteiger partial charge on any atom is 0.251 e. The summed E-state index contributed by atoms with van der Waals surface area (Å²) in [4.78, 5) is 12.3. The molecule has 4 heteroatoms. The van der Waals surface area contributed by atoms with Gasteiger partial charge in [-0.1, -0.05) is 19.3 Å². The maximum absolute atomic E-state index is 12.3. The van der Waals surface area contributed by atoms with Gasteiger partial charge in [0, 0.05) is 11.1 Å². The standard InChI is InChI=1S/C16H24N2O2/c1-3-20-14-8-7-12(11-13(14)17)15(19)18-16(2)9-5-4-6-10-16/h7-8,11H,3-6,9-10,17H2,1-2H3,(H,18,19). The Kier molecular flexibility index (Phi) is 4.53. The average Bonchev–Trinajstić information content (AvgIpc) is 2.41. The zero-order valence-corrected chi connectivity index (χ0v) is 12.4. The van der Waals surface area contributed by atoms with E-state index in [0.29, 0.717) is 23.6 Å². The molecule has 3 N–H and O–H groups in total. The van der Waals surface area contributed by atoms with Gasteiger partial charge in [-0.05, 0) is 44.9 Å². The largest absolute Gasteiger partial charge is 0.492 e. The van der Waals surface area contributed by atoms with Crippen LogP contribution in [0.2, 0.25) is 0 Å². The van der Waals surface area contributed by atoms with Crippen LogP contribution < -0.4 is 15.8 Å². The first-order valence-corrected chi connectivity index (χ1v) is 7.39. The van der Waals surface area contributed by atoms with Gasteiger partial charge in [0.2, 0.25) is 0 Å². The summed E-state index contributed by atoms with van der Waals surface area (Å²) >= 11 is 0. The first-order chi connectivity index (χ1) is 9.54. The molecular formula is C16H24N2O2. The van der Waals surface area contributed by atoms with Crippen LogP contribution in [0.1, 0.15) is 56.3 Å². The number of amides is 1. The van der Waals surface area contributed by atoms with Gasteiger partial charge in [0.25, 0.3) is 5.91 Å². The summed E-state index contributed by atoms with van der Waals surface area (Å²) in [5.41, 5.74) is 6.93. The summed E-state index contributed by atoms with van der Waals surface area (Å²) in [6, 6.07) is 5.21. The van der Waals surface area contributed by atoms with Crippen LogP contribution in [0.3, 0.4) is 0 Å². The van der Waals surface area contributed by atoms with E-state index in [1.54, 1.807) is 18.2 Å². The van der Waals surface area contributed by atoms with E-state index in [2.05, 4.69) is 12.2 Å². The number of ether oxygens (including phenoxy) is 1. The van der Waals surface area contributed by atoms with Gasteiger partial charge in [0.1, 0.15) is 5.75 Å². The number of benzene rings is 1. The van der Waals surface area contributed by atoms with Crippen molar-refractivity contribution in [3.8, 4) is 5.75 Å². The Bertz CT molecular complexity index is 479. The molecule has 1 aromatic rings. The van der Waals surface area contributed by atoms with Gasteiger partial charge in [-0.2, -0.15) is 0 Å². The third-order valence-corrected chi connectivity index (χ3v) is 3.94. The van der Waals surface area contributed by atoms with Crippen LogP contribution in [0.15, 0.2) is 18.2 Å². The number of carbonyl (C=O) groups is 1. The Balaban J connectivity index is 2.07. The number of hydrogen-bond donors (Lipinski definition) is 2. The summed E-state index contributed by atoms with van der Waals surface area (Å²) < 4.78 is 5.38. The highest BCUT2D eigenvalue weighted by atomic mass is 16.5. The predicted octanol–water partition coefficient (Wildman–Crippen LogP) is 3.12. The fourth-order valence-electron chi connectivity index (χ4n) is 2.78. The second-order valence-electron chi connectivity index (χ2n) is 5.76. The highest BCUT2D eigenvalue weighted by Crippen LogP contribution is 2.28. The van der Waals surface area contributed by atoms with Gasteiger partial charge >= 0.3 is 0 Å². The molecule has 0 aliphatic heterocycles. The lowest BCUT2D eigenvalue weighted by atomic mass is 9.83. The van der Waals surface area contributed by atoms with Crippen molar-refractivity contribution in [1.82, 2.24) is 5.32 Å². The molecule has 0 radical (unpaired) electrons. The number of nitrogens with two attached hydrogens (primary N) is 1. The van der Waals surface area contributed by atoms with E-state index in [1.807, 2.05) is 6.92 Å². The molecule has 0 atom stereocenters. The number of rotatable bonds is 4. The lowest BCUT2D eigenvalue weighted by Gasteiger charge is -2.34. The molecule has 0 bridgehead atoms. The van der Waals surface area contributed by atoms with Gasteiger partial charge in [-0.3, -0.25) is 4.79 Å². The minimum atomic E-state index is -0.0807. The van der Waals surface area contributed by atoms with Gasteiger partial charge in [-0.15, -0.1) is 0 Å². The number of hydrogen-bond acceptors (Lipinski definition) is 3. The zero-order valence-electron chi connectivity index (χ0n) is 12.4. The van der Waals surface area contributed by atoms with Crippen LogP contribution in [0.5, 0.6) is 5.75 Å². The molecule has 110 valence electrons. The predicted molar refractivity (Wildman–Crippen MR) is 81.0 cm³/mol. The molecule has 1 amide bonds. The SMILES string of the molecule is CCOc1ccc(C(=O)NC2(C)CCCCC2)cc1N. The molecule has 0 saturated heterocycles. The quantitative estimate of drug-likeness (QED) is 0.830. The van der Waals surface area contributed by atoms with Crippen molar-refractivity contribution >= 4 is 11.6 Å². The van der Waals surface area contributed by atoms with Gasteiger partial charge in [0.15, 0.2) is 0 Å². The van der Waals surface area contributed by atoms with Crippen molar-refractivity contribution in [2.75, 3.05) is 12.3 Å². The molecule has 4 nitrogen and oxygen atoms in total. The minimum absolute atomic E-state index is 0.0517. The molecule has 20 heavy (non-hydrogen) atoms. The van der Waals surface area contributed by atoms with E-state index in [4.69, 9.17) is 10.5 Å². The summed E-state index contributed by atoms with van der Waals surface area (Å²) in [6.07, 6.45) is 5.72. The third-order valence-electron chi connectivity index (χ3n) is 3.94. The highest BCUT2D eigenvalue weighted by Gasteiger charge is 2.28. The first-order valence-electron chi connectivity index (χ1n) is 7.39. The Morgan fingerprint density at radius 2 is 2.05 bits per heavy atom. The molecular weight excluding hydrogens is 252 g/mol. The first kappa shape index (κ1) is 14.7. The van der Waals surface area contributed by atoms with Crippen molar-refractivity contribution in [1.29, 1.82) is 0 Å². The van der Waals surface area contributed by atoms with E-state index in [0.717, 1.165) is 12.8 Å². The van der Waals surface area contributed by atoms with Crippen LogP contribution in [-0.2, 0) is 0 Å². The van der Waals surface area contributed by atoms with E-state index in [-0.39, 0.29) is 11.4 Å². The average molecular weight is 276 g/mol. The fraction of sp³-hybridized carbons (Fsp3) is 0.562.